The Morgan fingerprint density at radius 2 is 2.06 bits per heavy atom. The molecule has 18 heavy (non-hydrogen) atoms. The Morgan fingerprint density at radius 3 is 2.67 bits per heavy atom. The van der Waals surface area contributed by atoms with Crippen LogP contribution in [0.1, 0.15) is 35.6 Å². The minimum absolute atomic E-state index is 0.0829. The Balaban J connectivity index is 2.41. The molecule has 1 atom stereocenters. The van der Waals surface area contributed by atoms with Gasteiger partial charge in [-0.1, -0.05) is 40.5 Å². The van der Waals surface area contributed by atoms with Gasteiger partial charge in [-0.2, -0.15) is 0 Å². The summed E-state index contributed by atoms with van der Waals surface area (Å²) in [6.07, 6.45) is 0.922. The molecule has 0 fully saturated rings. The minimum atomic E-state index is 0.0829. The molecule has 0 radical (unpaired) electrons. The molecular weight excluding hydrogens is 290 g/mol. The Labute approximate surface area is 117 Å². The van der Waals surface area contributed by atoms with Crippen LogP contribution >= 0.6 is 15.9 Å². The smallest absolute Gasteiger partial charge is 0.125 e. The van der Waals surface area contributed by atoms with Gasteiger partial charge in [-0.15, -0.1) is 0 Å². The summed E-state index contributed by atoms with van der Waals surface area (Å²) in [6.45, 7) is 4.20. The van der Waals surface area contributed by atoms with Crippen LogP contribution in [0, 0.1) is 6.92 Å². The molecule has 1 aromatic carbocycles. The number of hydrogen-bond acceptors (Lipinski definition) is 2. The summed E-state index contributed by atoms with van der Waals surface area (Å²) in [7, 11) is 1.95. The molecule has 0 aliphatic rings. The van der Waals surface area contributed by atoms with Gasteiger partial charge in [0.15, 0.2) is 0 Å². The highest BCUT2D eigenvalue weighted by Gasteiger charge is 2.18. The van der Waals surface area contributed by atoms with Crippen LogP contribution in [-0.2, 0) is 6.42 Å². The van der Waals surface area contributed by atoms with Gasteiger partial charge in [0, 0.05) is 10.9 Å². The summed E-state index contributed by atoms with van der Waals surface area (Å²) in [5.74, 6) is 1.98. The molecule has 2 nitrogen and oxygen atoms in total. The Hall–Kier alpha value is -1.06. The molecule has 2 aromatic rings. The second kappa shape index (κ2) is 5.72. The third kappa shape index (κ3) is 2.68. The van der Waals surface area contributed by atoms with Crippen LogP contribution in [-0.4, -0.2) is 7.05 Å². The van der Waals surface area contributed by atoms with Crippen molar-refractivity contribution in [2.75, 3.05) is 7.05 Å². The van der Waals surface area contributed by atoms with Crippen LogP contribution in [0.5, 0.6) is 0 Å². The van der Waals surface area contributed by atoms with E-state index in [2.05, 4.69) is 59.4 Å². The molecule has 0 spiro atoms. The van der Waals surface area contributed by atoms with Crippen LogP contribution < -0.4 is 5.32 Å². The first-order chi connectivity index (χ1) is 8.65. The van der Waals surface area contributed by atoms with Gasteiger partial charge < -0.3 is 9.73 Å². The monoisotopic (exact) mass is 307 g/mol. The van der Waals surface area contributed by atoms with Gasteiger partial charge >= 0.3 is 0 Å². The normalized spacial score (nSPS) is 12.7. The highest BCUT2D eigenvalue weighted by molar-refractivity contribution is 9.10. The van der Waals surface area contributed by atoms with Gasteiger partial charge in [0.25, 0.3) is 0 Å². The summed E-state index contributed by atoms with van der Waals surface area (Å²) in [5.41, 5.74) is 2.45. The van der Waals surface area contributed by atoms with Crippen molar-refractivity contribution in [2.45, 2.75) is 26.3 Å². The lowest BCUT2D eigenvalue weighted by atomic mass is 10.0. The van der Waals surface area contributed by atoms with Crippen LogP contribution in [0.4, 0.5) is 0 Å². The molecule has 1 heterocycles. The average molecular weight is 308 g/mol. The fourth-order valence-electron chi connectivity index (χ4n) is 2.08. The number of aryl methyl sites for hydroxylation is 2. The Bertz CT molecular complexity index is 533. The molecule has 96 valence electrons. The molecule has 0 aliphatic carbocycles. The second-order valence-electron chi connectivity index (χ2n) is 4.40. The first kappa shape index (κ1) is 13.4. The third-order valence-electron chi connectivity index (χ3n) is 3.07. The van der Waals surface area contributed by atoms with Crippen LogP contribution in [0.3, 0.4) is 0 Å². The lowest BCUT2D eigenvalue weighted by molar-refractivity contribution is 0.433. The Morgan fingerprint density at radius 1 is 1.28 bits per heavy atom. The van der Waals surface area contributed by atoms with E-state index in [1.54, 1.807) is 0 Å². The van der Waals surface area contributed by atoms with Gasteiger partial charge in [0.1, 0.15) is 11.5 Å². The molecule has 0 aliphatic heterocycles. The number of nitrogens with one attached hydrogen (secondary N) is 1. The molecule has 2 rings (SSSR count). The number of rotatable bonds is 4. The average Bonchev–Trinajstić information content (AvgIpc) is 2.83. The second-order valence-corrected chi connectivity index (χ2v) is 5.26. The first-order valence-corrected chi connectivity index (χ1v) is 6.97. The van der Waals surface area contributed by atoms with Crippen molar-refractivity contribution in [1.29, 1.82) is 0 Å². The van der Waals surface area contributed by atoms with E-state index in [0.29, 0.717) is 0 Å². The van der Waals surface area contributed by atoms with Crippen LogP contribution in [0.15, 0.2) is 39.2 Å². The quantitative estimate of drug-likeness (QED) is 0.915. The summed E-state index contributed by atoms with van der Waals surface area (Å²) in [6, 6.07) is 10.5. The number of benzene rings is 1. The van der Waals surface area contributed by atoms with Gasteiger partial charge in [-0.3, -0.25) is 0 Å². The van der Waals surface area contributed by atoms with Crippen molar-refractivity contribution >= 4 is 15.9 Å². The number of halogens is 1. The van der Waals surface area contributed by atoms with E-state index in [9.17, 15) is 0 Å². The van der Waals surface area contributed by atoms with Gasteiger partial charge in [0.05, 0.1) is 6.04 Å². The minimum Gasteiger partial charge on any atom is -0.464 e. The number of hydrogen-bond donors (Lipinski definition) is 1. The van der Waals surface area contributed by atoms with Crippen molar-refractivity contribution in [3.05, 3.63) is 57.5 Å². The Kier molecular flexibility index (Phi) is 4.25. The highest BCUT2D eigenvalue weighted by Crippen LogP contribution is 2.30. The van der Waals surface area contributed by atoms with E-state index in [4.69, 9.17) is 4.42 Å². The van der Waals surface area contributed by atoms with Crippen molar-refractivity contribution in [1.82, 2.24) is 5.32 Å². The van der Waals surface area contributed by atoms with Crippen molar-refractivity contribution in [3.63, 3.8) is 0 Å². The van der Waals surface area contributed by atoms with Crippen molar-refractivity contribution < 1.29 is 4.42 Å². The SMILES string of the molecule is CCc1ccc(C(NC)c2cc(C)ccc2Br)o1. The number of furan rings is 1. The van der Waals surface area contributed by atoms with E-state index in [1.165, 1.54) is 11.1 Å². The zero-order chi connectivity index (χ0) is 13.1. The van der Waals surface area contributed by atoms with Crippen molar-refractivity contribution in [2.24, 2.45) is 0 Å². The summed E-state index contributed by atoms with van der Waals surface area (Å²) < 4.78 is 6.95. The lowest BCUT2D eigenvalue weighted by Gasteiger charge is -2.16. The maximum absolute atomic E-state index is 5.85. The molecule has 0 amide bonds. The highest BCUT2D eigenvalue weighted by atomic mass is 79.9. The summed E-state index contributed by atoms with van der Waals surface area (Å²) >= 11 is 3.61. The summed E-state index contributed by atoms with van der Waals surface area (Å²) in [5, 5.41) is 3.32. The first-order valence-electron chi connectivity index (χ1n) is 6.17. The molecule has 0 saturated carbocycles. The zero-order valence-corrected chi connectivity index (χ0v) is 12.5. The van der Waals surface area contributed by atoms with Gasteiger partial charge in [-0.25, -0.2) is 0 Å². The van der Waals surface area contributed by atoms with E-state index in [1.807, 2.05) is 13.1 Å². The zero-order valence-electron chi connectivity index (χ0n) is 11.0. The lowest BCUT2D eigenvalue weighted by Crippen LogP contribution is -2.17. The fraction of sp³-hybridized carbons (Fsp3) is 0.333. The molecular formula is C15H18BrNO. The molecule has 1 aromatic heterocycles. The predicted octanol–water partition coefficient (Wildman–Crippen LogP) is 4.22. The molecule has 1 unspecified atom stereocenters. The van der Waals surface area contributed by atoms with Crippen LogP contribution in [0.2, 0.25) is 0 Å². The topological polar surface area (TPSA) is 25.2 Å². The molecule has 3 heteroatoms. The molecule has 0 saturated heterocycles. The predicted molar refractivity (Wildman–Crippen MR) is 77.9 cm³/mol. The largest absolute Gasteiger partial charge is 0.464 e. The summed E-state index contributed by atoms with van der Waals surface area (Å²) in [4.78, 5) is 0. The molecule has 1 N–H and O–H groups in total. The van der Waals surface area contributed by atoms with E-state index in [0.717, 1.165) is 22.4 Å². The maximum Gasteiger partial charge on any atom is 0.125 e. The third-order valence-corrected chi connectivity index (χ3v) is 3.79. The van der Waals surface area contributed by atoms with Crippen molar-refractivity contribution in [3.8, 4) is 0 Å². The van der Waals surface area contributed by atoms with Gasteiger partial charge in [0.2, 0.25) is 0 Å². The van der Waals surface area contributed by atoms with E-state index in [-0.39, 0.29) is 6.04 Å². The van der Waals surface area contributed by atoms with E-state index < -0.39 is 0 Å². The standard InChI is InChI=1S/C15H18BrNO/c1-4-11-6-8-14(18-11)15(17-3)12-9-10(2)5-7-13(12)16/h5-9,15,17H,4H2,1-3H3. The maximum atomic E-state index is 5.85. The molecule has 0 bridgehead atoms. The van der Waals surface area contributed by atoms with Gasteiger partial charge in [-0.05, 0) is 37.7 Å². The van der Waals surface area contributed by atoms with E-state index >= 15 is 0 Å². The van der Waals surface area contributed by atoms with Crippen LogP contribution in [0.25, 0.3) is 0 Å². The fourth-order valence-corrected chi connectivity index (χ4v) is 2.55.